The van der Waals surface area contributed by atoms with Crippen LogP contribution in [0, 0.1) is 26.7 Å². The standard InChI is InChI=1S/C21H28N2OS/c1-15-4-5-16(2)20(10-15)21(24)22-12-18-6-8-23(9-7-18)13-19-11-17(3)25-14-19/h4-5,10-11,14,18H,6-9,12-13H2,1-3H3,(H,22,24). The first-order valence-electron chi connectivity index (χ1n) is 9.13. The van der Waals surface area contributed by atoms with E-state index in [1.807, 2.05) is 37.3 Å². The van der Waals surface area contributed by atoms with Gasteiger partial charge in [-0.25, -0.2) is 0 Å². The molecule has 25 heavy (non-hydrogen) atoms. The fourth-order valence-corrected chi connectivity index (χ4v) is 4.20. The van der Waals surface area contributed by atoms with Gasteiger partial charge < -0.3 is 5.32 Å². The molecule has 0 saturated carbocycles. The highest BCUT2D eigenvalue weighted by Crippen LogP contribution is 2.21. The molecule has 4 heteroatoms. The zero-order valence-electron chi connectivity index (χ0n) is 15.5. The van der Waals surface area contributed by atoms with Crippen molar-refractivity contribution in [2.45, 2.75) is 40.2 Å². The van der Waals surface area contributed by atoms with E-state index in [4.69, 9.17) is 0 Å². The predicted molar refractivity (Wildman–Crippen MR) is 105 cm³/mol. The van der Waals surface area contributed by atoms with E-state index >= 15 is 0 Å². The van der Waals surface area contributed by atoms with Crippen molar-refractivity contribution in [3.63, 3.8) is 0 Å². The molecule has 1 N–H and O–H groups in total. The maximum absolute atomic E-state index is 12.4. The van der Waals surface area contributed by atoms with Gasteiger partial charge >= 0.3 is 0 Å². The van der Waals surface area contributed by atoms with Crippen molar-refractivity contribution < 1.29 is 4.79 Å². The molecule has 1 aliphatic heterocycles. The Morgan fingerprint density at radius 2 is 1.96 bits per heavy atom. The molecule has 1 aromatic carbocycles. The van der Waals surface area contributed by atoms with Gasteiger partial charge in [0.05, 0.1) is 0 Å². The molecule has 1 aliphatic rings. The van der Waals surface area contributed by atoms with Crippen molar-refractivity contribution in [2.24, 2.45) is 5.92 Å². The molecule has 0 atom stereocenters. The molecular weight excluding hydrogens is 328 g/mol. The molecule has 3 rings (SSSR count). The number of nitrogens with one attached hydrogen (secondary N) is 1. The molecule has 134 valence electrons. The Hall–Kier alpha value is -1.65. The summed E-state index contributed by atoms with van der Waals surface area (Å²) in [4.78, 5) is 16.4. The molecule has 0 unspecified atom stereocenters. The van der Waals surface area contributed by atoms with Crippen LogP contribution in [0.2, 0.25) is 0 Å². The lowest BCUT2D eigenvalue weighted by Gasteiger charge is -2.31. The molecule has 3 nitrogen and oxygen atoms in total. The summed E-state index contributed by atoms with van der Waals surface area (Å²) >= 11 is 1.83. The largest absolute Gasteiger partial charge is 0.352 e. The number of likely N-dealkylation sites (tertiary alicyclic amines) is 1. The minimum Gasteiger partial charge on any atom is -0.352 e. The number of piperidine rings is 1. The fraction of sp³-hybridized carbons (Fsp3) is 0.476. The highest BCUT2D eigenvalue weighted by molar-refractivity contribution is 7.10. The Morgan fingerprint density at radius 1 is 1.20 bits per heavy atom. The van der Waals surface area contributed by atoms with E-state index in [0.29, 0.717) is 5.92 Å². The van der Waals surface area contributed by atoms with Crippen LogP contribution < -0.4 is 5.32 Å². The highest BCUT2D eigenvalue weighted by Gasteiger charge is 2.20. The number of carbonyl (C=O) groups is 1. The smallest absolute Gasteiger partial charge is 0.251 e. The van der Waals surface area contributed by atoms with Crippen LogP contribution in [0.1, 0.15) is 44.8 Å². The second kappa shape index (κ2) is 8.15. The lowest BCUT2D eigenvalue weighted by Crippen LogP contribution is -2.38. The van der Waals surface area contributed by atoms with Crippen LogP contribution in [0.3, 0.4) is 0 Å². The summed E-state index contributed by atoms with van der Waals surface area (Å²) in [6.45, 7) is 10.3. The maximum Gasteiger partial charge on any atom is 0.251 e. The van der Waals surface area contributed by atoms with E-state index in [2.05, 4.69) is 34.7 Å². The molecule has 0 radical (unpaired) electrons. The van der Waals surface area contributed by atoms with Crippen molar-refractivity contribution in [1.29, 1.82) is 0 Å². The van der Waals surface area contributed by atoms with Gasteiger partial charge in [0.2, 0.25) is 0 Å². The van der Waals surface area contributed by atoms with Crippen LogP contribution in [-0.2, 0) is 6.54 Å². The van der Waals surface area contributed by atoms with Crippen molar-refractivity contribution in [2.75, 3.05) is 19.6 Å². The molecular formula is C21H28N2OS. The number of hydrogen-bond donors (Lipinski definition) is 1. The SMILES string of the molecule is Cc1ccc(C)c(C(=O)NCC2CCN(Cc3csc(C)c3)CC2)c1. The van der Waals surface area contributed by atoms with E-state index in [9.17, 15) is 4.79 Å². The quantitative estimate of drug-likeness (QED) is 0.865. The summed E-state index contributed by atoms with van der Waals surface area (Å²) in [6.07, 6.45) is 2.33. The Morgan fingerprint density at radius 3 is 2.64 bits per heavy atom. The highest BCUT2D eigenvalue weighted by atomic mass is 32.1. The Labute approximate surface area is 155 Å². The Balaban J connectivity index is 1.44. The third-order valence-electron chi connectivity index (χ3n) is 5.09. The van der Waals surface area contributed by atoms with Crippen LogP contribution in [0.4, 0.5) is 0 Å². The average Bonchev–Trinajstić information content (AvgIpc) is 3.01. The van der Waals surface area contributed by atoms with E-state index in [0.717, 1.165) is 55.7 Å². The van der Waals surface area contributed by atoms with Crippen LogP contribution in [0.25, 0.3) is 0 Å². The Kier molecular flexibility index (Phi) is 5.92. The van der Waals surface area contributed by atoms with Gasteiger partial charge in [-0.15, -0.1) is 11.3 Å². The Bertz CT molecular complexity index is 729. The summed E-state index contributed by atoms with van der Waals surface area (Å²) in [7, 11) is 0. The van der Waals surface area contributed by atoms with Gasteiger partial charge in [-0.05, 0) is 81.3 Å². The third-order valence-corrected chi connectivity index (χ3v) is 6.00. The molecule has 0 bridgehead atoms. The summed E-state index contributed by atoms with van der Waals surface area (Å²) in [5.41, 5.74) is 4.42. The topological polar surface area (TPSA) is 32.3 Å². The van der Waals surface area contributed by atoms with Gasteiger partial charge in [0.25, 0.3) is 5.91 Å². The molecule has 1 amide bonds. The number of rotatable bonds is 5. The first-order valence-corrected chi connectivity index (χ1v) is 10.0. The predicted octanol–water partition coefficient (Wildman–Crippen LogP) is 4.32. The molecule has 0 spiro atoms. The van der Waals surface area contributed by atoms with E-state index < -0.39 is 0 Å². The molecule has 0 aliphatic carbocycles. The van der Waals surface area contributed by atoms with E-state index in [1.54, 1.807) is 0 Å². The van der Waals surface area contributed by atoms with Gasteiger partial charge in [0, 0.05) is 23.5 Å². The number of thiophene rings is 1. The number of nitrogens with zero attached hydrogens (tertiary/aromatic N) is 1. The monoisotopic (exact) mass is 356 g/mol. The van der Waals surface area contributed by atoms with Gasteiger partial charge in [0.15, 0.2) is 0 Å². The lowest BCUT2D eigenvalue weighted by molar-refractivity contribution is 0.0934. The minimum absolute atomic E-state index is 0.0670. The lowest BCUT2D eigenvalue weighted by atomic mass is 9.96. The van der Waals surface area contributed by atoms with E-state index in [1.165, 1.54) is 10.4 Å². The minimum atomic E-state index is 0.0670. The molecule has 1 fully saturated rings. The van der Waals surface area contributed by atoms with Crippen LogP contribution in [0.5, 0.6) is 0 Å². The number of amides is 1. The molecule has 1 saturated heterocycles. The van der Waals surface area contributed by atoms with Crippen molar-refractivity contribution in [3.05, 3.63) is 56.8 Å². The molecule has 1 aromatic heterocycles. The average molecular weight is 357 g/mol. The summed E-state index contributed by atoms with van der Waals surface area (Å²) < 4.78 is 0. The fourth-order valence-electron chi connectivity index (χ4n) is 3.50. The molecule has 2 aromatic rings. The zero-order chi connectivity index (χ0) is 17.8. The maximum atomic E-state index is 12.4. The third kappa shape index (κ3) is 4.93. The van der Waals surface area contributed by atoms with Crippen molar-refractivity contribution in [3.8, 4) is 0 Å². The second-order valence-corrected chi connectivity index (χ2v) is 8.43. The first kappa shape index (κ1) is 18.2. The van der Waals surface area contributed by atoms with E-state index in [-0.39, 0.29) is 5.91 Å². The number of carbonyl (C=O) groups excluding carboxylic acids is 1. The summed E-state index contributed by atoms with van der Waals surface area (Å²) in [5, 5.41) is 5.42. The number of hydrogen-bond acceptors (Lipinski definition) is 3. The van der Waals surface area contributed by atoms with Crippen LogP contribution in [0.15, 0.2) is 29.6 Å². The summed E-state index contributed by atoms with van der Waals surface area (Å²) in [5.74, 6) is 0.659. The van der Waals surface area contributed by atoms with Gasteiger partial charge in [-0.1, -0.05) is 17.7 Å². The number of aryl methyl sites for hydroxylation is 3. The first-order chi connectivity index (χ1) is 12.0. The van der Waals surface area contributed by atoms with Gasteiger partial charge in [0.1, 0.15) is 0 Å². The van der Waals surface area contributed by atoms with Gasteiger partial charge in [-0.2, -0.15) is 0 Å². The van der Waals surface area contributed by atoms with Crippen molar-refractivity contribution in [1.82, 2.24) is 10.2 Å². The second-order valence-electron chi connectivity index (χ2n) is 7.31. The number of benzene rings is 1. The van der Waals surface area contributed by atoms with Crippen molar-refractivity contribution >= 4 is 17.2 Å². The summed E-state index contributed by atoms with van der Waals surface area (Å²) in [6, 6.07) is 8.35. The normalized spacial score (nSPS) is 16.1. The van der Waals surface area contributed by atoms with Crippen LogP contribution in [-0.4, -0.2) is 30.4 Å². The zero-order valence-corrected chi connectivity index (χ0v) is 16.3. The van der Waals surface area contributed by atoms with Crippen LogP contribution >= 0.6 is 11.3 Å². The van der Waals surface area contributed by atoms with Gasteiger partial charge in [-0.3, -0.25) is 9.69 Å². The molecule has 2 heterocycles.